The van der Waals surface area contributed by atoms with Crippen LogP contribution in [0.1, 0.15) is 16.1 Å². The van der Waals surface area contributed by atoms with E-state index in [1.54, 1.807) is 17.0 Å². The number of nitrogens with zero attached hydrogens (tertiary/aromatic N) is 3. The van der Waals surface area contributed by atoms with E-state index in [0.29, 0.717) is 28.2 Å². The molecule has 2 heterocycles. The van der Waals surface area contributed by atoms with Gasteiger partial charge in [0.1, 0.15) is 18.4 Å². The SMILES string of the molecule is COc1ccc(C(=O)Oc2coc(CSc3nncn3C)cc2=O)cc1OC. The highest BCUT2D eigenvalue weighted by Crippen LogP contribution is 2.28. The van der Waals surface area contributed by atoms with E-state index in [0.717, 1.165) is 6.26 Å². The third-order valence-corrected chi connectivity index (χ3v) is 4.74. The summed E-state index contributed by atoms with van der Waals surface area (Å²) in [4.78, 5) is 24.6. The zero-order valence-electron chi connectivity index (χ0n) is 15.4. The van der Waals surface area contributed by atoms with Gasteiger partial charge >= 0.3 is 5.97 Å². The second kappa shape index (κ2) is 8.61. The van der Waals surface area contributed by atoms with E-state index in [-0.39, 0.29) is 11.3 Å². The molecule has 0 amide bonds. The first-order chi connectivity index (χ1) is 13.5. The molecular formula is C18H17N3O6S. The molecule has 0 aliphatic rings. The number of ether oxygens (including phenoxy) is 3. The largest absolute Gasteiger partial charge is 0.493 e. The molecule has 0 N–H and O–H groups in total. The molecule has 0 saturated carbocycles. The van der Waals surface area contributed by atoms with Gasteiger partial charge in [-0.3, -0.25) is 4.79 Å². The second-order valence-electron chi connectivity index (χ2n) is 5.55. The number of carbonyl (C=O) groups is 1. The summed E-state index contributed by atoms with van der Waals surface area (Å²) >= 11 is 1.36. The van der Waals surface area contributed by atoms with Gasteiger partial charge in [-0.15, -0.1) is 10.2 Å². The van der Waals surface area contributed by atoms with Crippen LogP contribution in [0.4, 0.5) is 0 Å². The van der Waals surface area contributed by atoms with Crippen LogP contribution in [-0.4, -0.2) is 35.0 Å². The van der Waals surface area contributed by atoms with Crippen LogP contribution in [0.5, 0.6) is 17.2 Å². The van der Waals surface area contributed by atoms with Crippen molar-refractivity contribution in [2.75, 3.05) is 14.2 Å². The maximum Gasteiger partial charge on any atom is 0.343 e. The summed E-state index contributed by atoms with van der Waals surface area (Å²) in [5, 5.41) is 8.40. The molecule has 3 rings (SSSR count). The van der Waals surface area contributed by atoms with Crippen LogP contribution >= 0.6 is 11.8 Å². The number of thioether (sulfide) groups is 1. The molecule has 0 unspecified atom stereocenters. The molecule has 0 bridgehead atoms. The van der Waals surface area contributed by atoms with Crippen LogP contribution < -0.4 is 19.6 Å². The molecule has 0 spiro atoms. The molecule has 2 aromatic heterocycles. The van der Waals surface area contributed by atoms with Crippen molar-refractivity contribution >= 4 is 17.7 Å². The van der Waals surface area contributed by atoms with Gasteiger partial charge in [0.25, 0.3) is 0 Å². The topological polar surface area (TPSA) is 106 Å². The van der Waals surface area contributed by atoms with Crippen LogP contribution in [-0.2, 0) is 12.8 Å². The Morgan fingerprint density at radius 1 is 1.18 bits per heavy atom. The summed E-state index contributed by atoms with van der Waals surface area (Å²) in [7, 11) is 4.76. The van der Waals surface area contributed by atoms with Crippen LogP contribution in [0.25, 0.3) is 0 Å². The van der Waals surface area contributed by atoms with Crippen molar-refractivity contribution in [1.82, 2.24) is 14.8 Å². The fourth-order valence-electron chi connectivity index (χ4n) is 2.25. The molecule has 0 aliphatic heterocycles. The Bertz CT molecular complexity index is 1050. The smallest absolute Gasteiger partial charge is 0.343 e. The highest BCUT2D eigenvalue weighted by atomic mass is 32.2. The van der Waals surface area contributed by atoms with Crippen LogP contribution in [0.15, 0.2) is 51.2 Å². The van der Waals surface area contributed by atoms with E-state index in [4.69, 9.17) is 18.6 Å². The number of methoxy groups -OCH3 is 2. The molecule has 10 heteroatoms. The van der Waals surface area contributed by atoms with Crippen LogP contribution in [0.2, 0.25) is 0 Å². The average molecular weight is 403 g/mol. The lowest BCUT2D eigenvalue weighted by molar-refractivity contribution is 0.0728. The Labute approximate surface area is 164 Å². The predicted molar refractivity (Wildman–Crippen MR) is 100 cm³/mol. The highest BCUT2D eigenvalue weighted by molar-refractivity contribution is 7.98. The van der Waals surface area contributed by atoms with Crippen molar-refractivity contribution in [2.45, 2.75) is 10.9 Å². The molecule has 0 saturated heterocycles. The molecule has 9 nitrogen and oxygen atoms in total. The summed E-state index contributed by atoms with van der Waals surface area (Å²) in [6.45, 7) is 0. The second-order valence-corrected chi connectivity index (χ2v) is 6.49. The number of hydrogen-bond donors (Lipinski definition) is 0. The lowest BCUT2D eigenvalue weighted by Gasteiger charge is -2.09. The molecule has 28 heavy (non-hydrogen) atoms. The first-order valence-corrected chi connectivity index (χ1v) is 9.03. The minimum Gasteiger partial charge on any atom is -0.493 e. The van der Waals surface area contributed by atoms with E-state index in [9.17, 15) is 9.59 Å². The molecule has 0 aliphatic carbocycles. The van der Waals surface area contributed by atoms with Gasteiger partial charge in [0.05, 0.1) is 25.5 Å². The van der Waals surface area contributed by atoms with Gasteiger partial charge in [0.15, 0.2) is 16.7 Å². The van der Waals surface area contributed by atoms with Crippen molar-refractivity contribution in [3.8, 4) is 17.2 Å². The summed E-state index contributed by atoms with van der Waals surface area (Å²) in [6.07, 6.45) is 2.70. The Balaban J connectivity index is 1.70. The quantitative estimate of drug-likeness (QED) is 0.434. The van der Waals surface area contributed by atoms with Crippen molar-refractivity contribution in [2.24, 2.45) is 7.05 Å². The maximum atomic E-state index is 12.3. The Kier molecular flexibility index (Phi) is 5.99. The number of hydrogen-bond acceptors (Lipinski definition) is 9. The number of carbonyl (C=O) groups excluding carboxylic acids is 1. The standard InChI is InChI=1S/C18H17N3O6S/c1-21-10-19-20-18(21)28-9-12-7-13(22)16(8-26-12)27-17(23)11-4-5-14(24-2)15(6-11)25-3/h4-8,10H,9H2,1-3H3. The van der Waals surface area contributed by atoms with Crippen molar-refractivity contribution < 1.29 is 23.4 Å². The minimum absolute atomic E-state index is 0.202. The Morgan fingerprint density at radius 3 is 2.61 bits per heavy atom. The number of benzene rings is 1. The normalized spacial score (nSPS) is 10.5. The molecule has 146 valence electrons. The fourth-order valence-corrected chi connectivity index (χ4v) is 3.03. The van der Waals surface area contributed by atoms with Crippen molar-refractivity contribution in [3.05, 3.63) is 58.4 Å². The van der Waals surface area contributed by atoms with Gasteiger partial charge in [-0.05, 0) is 18.2 Å². The lowest BCUT2D eigenvalue weighted by atomic mass is 10.2. The van der Waals surface area contributed by atoms with Crippen molar-refractivity contribution in [1.29, 1.82) is 0 Å². The lowest BCUT2D eigenvalue weighted by Crippen LogP contribution is -2.15. The summed E-state index contributed by atoms with van der Waals surface area (Å²) in [6, 6.07) is 5.83. The fraction of sp³-hybridized carbons (Fsp3) is 0.222. The molecule has 3 aromatic rings. The van der Waals surface area contributed by atoms with Crippen LogP contribution in [0, 0.1) is 0 Å². The third kappa shape index (κ3) is 4.34. The Morgan fingerprint density at radius 2 is 1.96 bits per heavy atom. The van der Waals surface area contributed by atoms with Gasteiger partial charge in [-0.1, -0.05) is 11.8 Å². The zero-order chi connectivity index (χ0) is 20.1. The van der Waals surface area contributed by atoms with E-state index >= 15 is 0 Å². The summed E-state index contributed by atoms with van der Waals surface area (Å²) in [5.41, 5.74) is -0.257. The van der Waals surface area contributed by atoms with Gasteiger partial charge in [-0.25, -0.2) is 4.79 Å². The van der Waals surface area contributed by atoms with Crippen LogP contribution in [0.3, 0.4) is 0 Å². The Hall–Kier alpha value is -3.27. The number of aryl methyl sites for hydroxylation is 1. The number of esters is 1. The maximum absolute atomic E-state index is 12.3. The third-order valence-electron chi connectivity index (χ3n) is 3.69. The first-order valence-electron chi connectivity index (χ1n) is 8.04. The summed E-state index contributed by atoms with van der Waals surface area (Å²) < 4.78 is 22.6. The molecule has 0 fully saturated rings. The van der Waals surface area contributed by atoms with Gasteiger partial charge in [-0.2, -0.15) is 0 Å². The first kappa shape index (κ1) is 19.5. The molecular weight excluding hydrogens is 386 g/mol. The monoisotopic (exact) mass is 403 g/mol. The minimum atomic E-state index is -0.713. The van der Waals surface area contributed by atoms with E-state index in [1.807, 2.05) is 7.05 Å². The van der Waals surface area contributed by atoms with E-state index < -0.39 is 11.4 Å². The van der Waals surface area contributed by atoms with Crippen molar-refractivity contribution in [3.63, 3.8) is 0 Å². The molecule has 1 aromatic carbocycles. The van der Waals surface area contributed by atoms with E-state index in [2.05, 4.69) is 10.2 Å². The van der Waals surface area contributed by atoms with Gasteiger partial charge in [0, 0.05) is 13.1 Å². The molecule has 0 radical (unpaired) electrons. The highest BCUT2D eigenvalue weighted by Gasteiger charge is 2.15. The zero-order valence-corrected chi connectivity index (χ0v) is 16.2. The number of aromatic nitrogens is 3. The summed E-state index contributed by atoms with van der Waals surface area (Å²) in [5.74, 6) is 0.736. The number of rotatable bonds is 7. The average Bonchev–Trinajstić information content (AvgIpc) is 3.12. The van der Waals surface area contributed by atoms with Gasteiger partial charge < -0.3 is 23.2 Å². The van der Waals surface area contributed by atoms with E-state index in [1.165, 1.54) is 44.2 Å². The predicted octanol–water partition coefficient (Wildman–Crippen LogP) is 2.30. The van der Waals surface area contributed by atoms with Gasteiger partial charge in [0.2, 0.25) is 11.2 Å². The molecule has 0 atom stereocenters.